The molecule has 0 unspecified atom stereocenters. The first-order valence-electron chi connectivity index (χ1n) is 4.86. The van der Waals surface area contributed by atoms with Crippen LogP contribution in [-0.2, 0) is 14.1 Å². The van der Waals surface area contributed by atoms with Crippen molar-refractivity contribution >= 4 is 11.6 Å². The van der Waals surface area contributed by atoms with Crippen LogP contribution in [0.15, 0.2) is 18.6 Å². The highest BCUT2D eigenvalue weighted by atomic mass is 16.1. The number of aryl methyl sites for hydroxylation is 3. The third-order valence-electron chi connectivity index (χ3n) is 2.23. The zero-order valence-electron chi connectivity index (χ0n) is 9.43. The lowest BCUT2D eigenvalue weighted by Crippen LogP contribution is -2.11. The third-order valence-corrected chi connectivity index (χ3v) is 2.23. The van der Waals surface area contributed by atoms with E-state index in [1.165, 1.54) is 6.20 Å². The van der Waals surface area contributed by atoms with Crippen molar-refractivity contribution < 1.29 is 4.79 Å². The van der Waals surface area contributed by atoms with Crippen molar-refractivity contribution in [2.75, 3.05) is 5.32 Å². The molecule has 0 aromatic carbocycles. The minimum Gasteiger partial charge on any atom is -0.319 e. The lowest BCUT2D eigenvalue weighted by atomic mass is 10.3. The summed E-state index contributed by atoms with van der Waals surface area (Å²) >= 11 is 0. The molecule has 1 amide bonds. The summed E-state index contributed by atoms with van der Waals surface area (Å²) in [6.45, 7) is 1.85. The zero-order valence-corrected chi connectivity index (χ0v) is 9.43. The molecule has 0 radical (unpaired) electrons. The van der Waals surface area contributed by atoms with Crippen LogP contribution < -0.4 is 5.32 Å². The maximum Gasteiger partial charge on any atom is 0.258 e. The Labute approximate surface area is 92.9 Å². The first-order chi connectivity index (χ1) is 7.56. The van der Waals surface area contributed by atoms with E-state index < -0.39 is 0 Å². The van der Waals surface area contributed by atoms with Gasteiger partial charge in [0.1, 0.15) is 0 Å². The number of anilines is 1. The van der Waals surface area contributed by atoms with E-state index in [0.29, 0.717) is 5.56 Å². The molecule has 0 spiro atoms. The van der Waals surface area contributed by atoms with Gasteiger partial charge in [0, 0.05) is 26.5 Å². The fraction of sp³-hybridized carbons (Fsp3) is 0.300. The lowest BCUT2D eigenvalue weighted by Gasteiger charge is -2.00. The van der Waals surface area contributed by atoms with Crippen molar-refractivity contribution in [2.24, 2.45) is 14.1 Å². The fourth-order valence-electron chi connectivity index (χ4n) is 1.46. The quantitative estimate of drug-likeness (QED) is 0.809. The molecule has 0 aliphatic carbocycles. The highest BCUT2D eigenvalue weighted by Gasteiger charge is 2.11. The van der Waals surface area contributed by atoms with E-state index in [1.807, 2.05) is 14.0 Å². The molecule has 0 aliphatic heterocycles. The van der Waals surface area contributed by atoms with Gasteiger partial charge in [0.2, 0.25) is 0 Å². The van der Waals surface area contributed by atoms with Gasteiger partial charge in [-0.15, -0.1) is 0 Å². The number of nitrogens with one attached hydrogen (secondary N) is 1. The largest absolute Gasteiger partial charge is 0.319 e. The Hall–Kier alpha value is -2.11. The van der Waals surface area contributed by atoms with Crippen molar-refractivity contribution in [1.29, 1.82) is 0 Å². The van der Waals surface area contributed by atoms with E-state index in [-0.39, 0.29) is 5.91 Å². The van der Waals surface area contributed by atoms with Crippen molar-refractivity contribution in [2.45, 2.75) is 6.92 Å². The van der Waals surface area contributed by atoms with Gasteiger partial charge in [-0.2, -0.15) is 10.2 Å². The second kappa shape index (κ2) is 3.80. The second-order valence-corrected chi connectivity index (χ2v) is 3.66. The minimum absolute atomic E-state index is 0.177. The van der Waals surface area contributed by atoms with Crippen molar-refractivity contribution in [3.8, 4) is 0 Å². The number of carbonyl (C=O) groups is 1. The molecule has 2 aromatic heterocycles. The Balaban J connectivity index is 2.16. The Morgan fingerprint density at radius 3 is 2.56 bits per heavy atom. The Morgan fingerprint density at radius 1 is 1.31 bits per heavy atom. The number of rotatable bonds is 2. The summed E-state index contributed by atoms with van der Waals surface area (Å²) < 4.78 is 3.25. The summed E-state index contributed by atoms with van der Waals surface area (Å²) in [5.41, 5.74) is 2.04. The minimum atomic E-state index is -0.177. The van der Waals surface area contributed by atoms with Gasteiger partial charge in [-0.25, -0.2) is 0 Å². The van der Waals surface area contributed by atoms with Crippen molar-refractivity contribution in [3.63, 3.8) is 0 Å². The summed E-state index contributed by atoms with van der Waals surface area (Å²) in [5, 5.41) is 10.9. The van der Waals surface area contributed by atoms with E-state index in [4.69, 9.17) is 0 Å². The van der Waals surface area contributed by atoms with Gasteiger partial charge < -0.3 is 5.32 Å². The Kier molecular flexibility index (Phi) is 2.47. The van der Waals surface area contributed by atoms with Crippen LogP contribution in [0.3, 0.4) is 0 Å². The summed E-state index contributed by atoms with van der Waals surface area (Å²) in [6.07, 6.45) is 4.96. The SMILES string of the molecule is Cc1nn(C)cc1NC(=O)c1cnn(C)c1. The van der Waals surface area contributed by atoms with Gasteiger partial charge in [0.15, 0.2) is 0 Å². The number of carbonyl (C=O) groups excluding carboxylic acids is 1. The van der Waals surface area contributed by atoms with Crippen LogP contribution in [0.25, 0.3) is 0 Å². The summed E-state index contributed by atoms with van der Waals surface area (Å²) in [6, 6.07) is 0. The third kappa shape index (κ3) is 1.95. The molecule has 16 heavy (non-hydrogen) atoms. The van der Waals surface area contributed by atoms with Gasteiger partial charge >= 0.3 is 0 Å². The predicted molar refractivity (Wildman–Crippen MR) is 59.1 cm³/mol. The highest BCUT2D eigenvalue weighted by molar-refractivity contribution is 6.04. The first kappa shape index (κ1) is 10.4. The molecule has 84 valence electrons. The van der Waals surface area contributed by atoms with Gasteiger partial charge in [0.05, 0.1) is 23.1 Å². The van der Waals surface area contributed by atoms with Crippen molar-refractivity contribution in [1.82, 2.24) is 19.6 Å². The average molecular weight is 219 g/mol. The molecule has 6 heteroatoms. The molecular weight excluding hydrogens is 206 g/mol. The monoisotopic (exact) mass is 219 g/mol. The summed E-state index contributed by atoms with van der Waals surface area (Å²) in [4.78, 5) is 11.8. The van der Waals surface area contributed by atoms with Crippen molar-refractivity contribution in [3.05, 3.63) is 29.8 Å². The van der Waals surface area contributed by atoms with Crippen LogP contribution in [0.5, 0.6) is 0 Å². The number of hydrogen-bond donors (Lipinski definition) is 1. The molecule has 0 atom stereocenters. The van der Waals surface area contributed by atoms with Crippen LogP contribution in [0.1, 0.15) is 16.1 Å². The number of aromatic nitrogens is 4. The van der Waals surface area contributed by atoms with Gasteiger partial charge in [-0.05, 0) is 6.92 Å². The molecule has 0 saturated heterocycles. The van der Waals surface area contributed by atoms with Gasteiger partial charge in [-0.1, -0.05) is 0 Å². The smallest absolute Gasteiger partial charge is 0.258 e. The van der Waals surface area contributed by atoms with Crippen LogP contribution in [0.2, 0.25) is 0 Å². The molecule has 2 aromatic rings. The van der Waals surface area contributed by atoms with E-state index in [1.54, 1.807) is 28.8 Å². The normalized spacial score (nSPS) is 10.4. The molecule has 2 rings (SSSR count). The molecular formula is C10H13N5O. The van der Waals surface area contributed by atoms with E-state index in [2.05, 4.69) is 15.5 Å². The Morgan fingerprint density at radius 2 is 2.06 bits per heavy atom. The summed E-state index contributed by atoms with van der Waals surface area (Å²) in [5.74, 6) is -0.177. The average Bonchev–Trinajstić information content (AvgIpc) is 2.74. The van der Waals surface area contributed by atoms with Gasteiger partial charge in [0.25, 0.3) is 5.91 Å². The molecule has 0 saturated carbocycles. The molecule has 0 fully saturated rings. The molecule has 6 nitrogen and oxygen atoms in total. The maximum atomic E-state index is 11.8. The van der Waals surface area contributed by atoms with E-state index >= 15 is 0 Å². The molecule has 2 heterocycles. The highest BCUT2D eigenvalue weighted by Crippen LogP contribution is 2.12. The standard InChI is InChI=1S/C10H13N5O/c1-7-9(6-15(3)13-7)12-10(16)8-4-11-14(2)5-8/h4-6H,1-3H3,(H,12,16). The first-order valence-corrected chi connectivity index (χ1v) is 4.86. The van der Waals surface area contributed by atoms with Crippen LogP contribution in [0.4, 0.5) is 5.69 Å². The second-order valence-electron chi connectivity index (χ2n) is 3.66. The number of hydrogen-bond acceptors (Lipinski definition) is 3. The predicted octanol–water partition coefficient (Wildman–Crippen LogP) is 0.714. The zero-order chi connectivity index (χ0) is 11.7. The molecule has 0 bridgehead atoms. The van der Waals surface area contributed by atoms with E-state index in [9.17, 15) is 4.79 Å². The van der Waals surface area contributed by atoms with Crippen LogP contribution in [0, 0.1) is 6.92 Å². The fourth-order valence-corrected chi connectivity index (χ4v) is 1.46. The van der Waals surface area contributed by atoms with Crippen LogP contribution >= 0.6 is 0 Å². The topological polar surface area (TPSA) is 64.7 Å². The van der Waals surface area contributed by atoms with Gasteiger partial charge in [-0.3, -0.25) is 14.2 Å². The number of amides is 1. The van der Waals surface area contributed by atoms with E-state index in [0.717, 1.165) is 11.4 Å². The summed E-state index contributed by atoms with van der Waals surface area (Å²) in [7, 11) is 3.58. The van der Waals surface area contributed by atoms with Crippen LogP contribution in [-0.4, -0.2) is 25.5 Å². The Bertz CT molecular complexity index is 525. The lowest BCUT2D eigenvalue weighted by molar-refractivity contribution is 0.102. The molecule has 1 N–H and O–H groups in total. The maximum absolute atomic E-state index is 11.8. The number of nitrogens with zero attached hydrogens (tertiary/aromatic N) is 4. The molecule has 0 aliphatic rings.